The van der Waals surface area contributed by atoms with Gasteiger partial charge in [-0.2, -0.15) is 0 Å². The molecule has 2 aromatic rings. The van der Waals surface area contributed by atoms with Gasteiger partial charge in [0.2, 0.25) is 0 Å². The first kappa shape index (κ1) is 14.8. The molecule has 0 bridgehead atoms. The van der Waals surface area contributed by atoms with Gasteiger partial charge in [0.1, 0.15) is 0 Å². The first-order chi connectivity index (χ1) is 9.53. The third-order valence-electron chi connectivity index (χ3n) is 2.66. The van der Waals surface area contributed by atoms with Gasteiger partial charge >= 0.3 is 0 Å². The fourth-order valence-electron chi connectivity index (χ4n) is 1.65. The van der Waals surface area contributed by atoms with E-state index < -0.39 is 10.0 Å². The number of nitrogens with zero attached hydrogens (tertiary/aromatic N) is 1. The summed E-state index contributed by atoms with van der Waals surface area (Å²) >= 11 is 5.88. The number of aromatic nitrogens is 1. The Balaban J connectivity index is 2.24. The lowest BCUT2D eigenvalue weighted by Gasteiger charge is -2.09. The number of pyridine rings is 1. The molecule has 20 heavy (non-hydrogen) atoms. The predicted molar refractivity (Wildman–Crippen MR) is 79.3 cm³/mol. The molecule has 2 rings (SSSR count). The van der Waals surface area contributed by atoms with Crippen LogP contribution >= 0.6 is 11.6 Å². The van der Waals surface area contributed by atoms with Gasteiger partial charge in [-0.1, -0.05) is 23.7 Å². The van der Waals surface area contributed by atoms with Crippen molar-refractivity contribution in [2.24, 2.45) is 5.73 Å². The Kier molecular flexibility index (Phi) is 4.59. The van der Waals surface area contributed by atoms with E-state index in [9.17, 15) is 8.42 Å². The quantitative estimate of drug-likeness (QED) is 0.885. The van der Waals surface area contributed by atoms with Crippen LogP contribution in [0.1, 0.15) is 5.56 Å². The molecule has 0 aliphatic rings. The maximum Gasteiger partial charge on any atom is 0.263 e. The maximum absolute atomic E-state index is 12.2. The molecule has 5 nitrogen and oxygen atoms in total. The summed E-state index contributed by atoms with van der Waals surface area (Å²) in [5.74, 6) is 0.111. The highest BCUT2D eigenvalue weighted by Gasteiger charge is 2.16. The second-order valence-corrected chi connectivity index (χ2v) is 6.21. The van der Waals surface area contributed by atoms with E-state index >= 15 is 0 Å². The van der Waals surface area contributed by atoms with Crippen LogP contribution in [0.15, 0.2) is 47.5 Å². The minimum atomic E-state index is -3.70. The fourth-order valence-corrected chi connectivity index (χ4v) is 2.90. The molecule has 0 radical (unpaired) electrons. The summed E-state index contributed by atoms with van der Waals surface area (Å²) in [6.45, 7) is 0.522. The summed E-state index contributed by atoms with van der Waals surface area (Å²) in [6, 6.07) is 9.73. The van der Waals surface area contributed by atoms with E-state index in [4.69, 9.17) is 17.3 Å². The van der Waals surface area contributed by atoms with E-state index in [-0.39, 0.29) is 15.7 Å². The monoisotopic (exact) mass is 311 g/mol. The fraction of sp³-hybridized carbons (Fsp3) is 0.154. The molecular weight excluding hydrogens is 298 g/mol. The van der Waals surface area contributed by atoms with Crippen molar-refractivity contribution in [2.45, 2.75) is 11.3 Å². The number of sulfonamides is 1. The van der Waals surface area contributed by atoms with Gasteiger partial charge in [-0.05, 0) is 42.8 Å². The van der Waals surface area contributed by atoms with Gasteiger partial charge in [0, 0.05) is 6.20 Å². The summed E-state index contributed by atoms with van der Waals surface area (Å²) < 4.78 is 26.7. The molecule has 106 valence electrons. The van der Waals surface area contributed by atoms with Gasteiger partial charge in [-0.25, -0.2) is 13.4 Å². The van der Waals surface area contributed by atoms with E-state index in [0.29, 0.717) is 13.0 Å². The Morgan fingerprint density at radius 1 is 1.20 bits per heavy atom. The standard InChI is InChI=1S/C13H14ClN3O2S/c14-12-2-1-9-16-13(12)17-20(18,19)11-5-3-10(4-6-11)7-8-15/h1-6,9H,7-8,15H2,(H,16,17). The molecule has 0 saturated heterocycles. The van der Waals surface area contributed by atoms with Crippen LogP contribution in [0.2, 0.25) is 5.02 Å². The van der Waals surface area contributed by atoms with Gasteiger partial charge in [0.05, 0.1) is 9.92 Å². The first-order valence-corrected chi connectivity index (χ1v) is 7.81. The Hall–Kier alpha value is -1.63. The SMILES string of the molecule is NCCc1ccc(S(=O)(=O)Nc2ncccc2Cl)cc1. The van der Waals surface area contributed by atoms with Gasteiger partial charge in [-0.15, -0.1) is 0 Å². The van der Waals surface area contributed by atoms with Crippen LogP contribution in [0.3, 0.4) is 0 Å². The molecule has 0 aliphatic carbocycles. The van der Waals surface area contributed by atoms with Gasteiger partial charge in [0.25, 0.3) is 10.0 Å². The van der Waals surface area contributed by atoms with Crippen LogP contribution in [0.4, 0.5) is 5.82 Å². The average Bonchev–Trinajstić information content (AvgIpc) is 2.42. The van der Waals surface area contributed by atoms with E-state index in [1.165, 1.54) is 18.3 Å². The Labute approximate surface area is 122 Å². The number of anilines is 1. The lowest BCUT2D eigenvalue weighted by atomic mass is 10.2. The van der Waals surface area contributed by atoms with Crippen LogP contribution in [0.25, 0.3) is 0 Å². The molecule has 3 N–H and O–H groups in total. The van der Waals surface area contributed by atoms with Crippen LogP contribution < -0.4 is 10.5 Å². The molecule has 0 fully saturated rings. The van der Waals surface area contributed by atoms with Crippen molar-refractivity contribution in [1.82, 2.24) is 4.98 Å². The van der Waals surface area contributed by atoms with Crippen molar-refractivity contribution in [3.63, 3.8) is 0 Å². The molecule has 0 unspecified atom stereocenters. The molecule has 0 amide bonds. The number of benzene rings is 1. The minimum absolute atomic E-state index is 0.111. The zero-order chi connectivity index (χ0) is 14.6. The highest BCUT2D eigenvalue weighted by molar-refractivity contribution is 7.92. The average molecular weight is 312 g/mol. The van der Waals surface area contributed by atoms with Crippen LogP contribution in [0, 0.1) is 0 Å². The molecule has 1 aromatic carbocycles. The summed E-state index contributed by atoms with van der Waals surface area (Å²) in [5.41, 5.74) is 6.44. The maximum atomic E-state index is 12.2. The number of nitrogens with two attached hydrogens (primary N) is 1. The summed E-state index contributed by atoms with van der Waals surface area (Å²) in [6.07, 6.45) is 2.17. The van der Waals surface area contributed by atoms with E-state index in [1.54, 1.807) is 24.3 Å². The minimum Gasteiger partial charge on any atom is -0.330 e. The summed E-state index contributed by atoms with van der Waals surface area (Å²) in [5, 5.41) is 0.246. The van der Waals surface area contributed by atoms with E-state index in [2.05, 4.69) is 9.71 Å². The normalized spacial score (nSPS) is 11.3. The summed E-state index contributed by atoms with van der Waals surface area (Å²) in [7, 11) is -3.70. The second-order valence-electron chi connectivity index (χ2n) is 4.12. The zero-order valence-electron chi connectivity index (χ0n) is 10.6. The molecular formula is C13H14ClN3O2S. The lowest BCUT2D eigenvalue weighted by Crippen LogP contribution is -2.14. The molecule has 0 atom stereocenters. The largest absolute Gasteiger partial charge is 0.330 e. The third kappa shape index (κ3) is 3.47. The molecule has 1 heterocycles. The van der Waals surface area contributed by atoms with Gasteiger partial charge in [-0.3, -0.25) is 4.72 Å². The van der Waals surface area contributed by atoms with Gasteiger partial charge in [0.15, 0.2) is 5.82 Å². The number of hydrogen-bond acceptors (Lipinski definition) is 4. The molecule has 0 aliphatic heterocycles. The molecule has 1 aromatic heterocycles. The Morgan fingerprint density at radius 2 is 1.90 bits per heavy atom. The van der Waals surface area contributed by atoms with Crippen molar-refractivity contribution < 1.29 is 8.42 Å². The number of hydrogen-bond donors (Lipinski definition) is 2. The molecule has 0 spiro atoms. The first-order valence-electron chi connectivity index (χ1n) is 5.95. The zero-order valence-corrected chi connectivity index (χ0v) is 12.2. The number of rotatable bonds is 5. The molecule has 0 saturated carbocycles. The van der Waals surface area contributed by atoms with E-state index in [0.717, 1.165) is 5.56 Å². The number of halogens is 1. The van der Waals surface area contributed by atoms with Gasteiger partial charge < -0.3 is 5.73 Å². The van der Waals surface area contributed by atoms with Crippen molar-refractivity contribution in [2.75, 3.05) is 11.3 Å². The highest BCUT2D eigenvalue weighted by Crippen LogP contribution is 2.21. The topological polar surface area (TPSA) is 85.1 Å². The Bertz CT molecular complexity index is 687. The van der Waals surface area contributed by atoms with Crippen molar-refractivity contribution >= 4 is 27.4 Å². The third-order valence-corrected chi connectivity index (χ3v) is 4.32. The number of nitrogens with one attached hydrogen (secondary N) is 1. The Morgan fingerprint density at radius 3 is 2.50 bits per heavy atom. The van der Waals surface area contributed by atoms with Crippen molar-refractivity contribution in [3.05, 3.63) is 53.2 Å². The second kappa shape index (κ2) is 6.21. The van der Waals surface area contributed by atoms with Crippen LogP contribution in [-0.4, -0.2) is 19.9 Å². The lowest BCUT2D eigenvalue weighted by molar-refractivity contribution is 0.601. The summed E-state index contributed by atoms with van der Waals surface area (Å²) in [4.78, 5) is 4.05. The molecule has 7 heteroatoms. The van der Waals surface area contributed by atoms with Crippen molar-refractivity contribution in [1.29, 1.82) is 0 Å². The van der Waals surface area contributed by atoms with Crippen molar-refractivity contribution in [3.8, 4) is 0 Å². The highest BCUT2D eigenvalue weighted by atomic mass is 35.5. The van der Waals surface area contributed by atoms with Crippen LogP contribution in [-0.2, 0) is 16.4 Å². The smallest absolute Gasteiger partial charge is 0.263 e. The van der Waals surface area contributed by atoms with Crippen LogP contribution in [0.5, 0.6) is 0 Å². The predicted octanol–water partition coefficient (Wildman–Crippen LogP) is 2.04. The van der Waals surface area contributed by atoms with E-state index in [1.807, 2.05) is 0 Å².